The molecule has 0 bridgehead atoms. The predicted octanol–water partition coefficient (Wildman–Crippen LogP) is 3.12. The molecule has 0 spiro atoms. The maximum Gasteiger partial charge on any atom is 0.408 e. The van der Waals surface area contributed by atoms with Crippen LogP contribution in [0.2, 0.25) is 0 Å². The van der Waals surface area contributed by atoms with E-state index in [1.165, 1.54) is 0 Å². The standard InChI is InChI=1S/C28H46N4O5/c1-5-9-19-14-21-17(15-29-24(21)33)10-6-7-13-22(31-27(36)37-28(2,3)4)26(35)32-16-18-11-8-12-20(18)23(32)25(34)30-19/h17-23H,5-16H2,1-4H3,(H,29,33)(H,30,34)(H,31,36)/t17-,18-,19+,20-,21-,22-,23-/m0/s1. The molecular formula is C28H46N4O5. The lowest BCUT2D eigenvalue weighted by molar-refractivity contribution is -0.141. The van der Waals surface area contributed by atoms with Gasteiger partial charge < -0.3 is 25.6 Å². The van der Waals surface area contributed by atoms with E-state index < -0.39 is 23.8 Å². The van der Waals surface area contributed by atoms with Gasteiger partial charge >= 0.3 is 6.09 Å². The number of nitrogens with zero attached hydrogens (tertiary/aromatic N) is 1. The van der Waals surface area contributed by atoms with Crippen LogP contribution in [0.15, 0.2) is 0 Å². The second kappa shape index (κ2) is 11.6. The molecule has 0 aromatic carbocycles. The fourth-order valence-electron chi connectivity index (χ4n) is 7.04. The molecule has 3 saturated heterocycles. The Morgan fingerprint density at radius 3 is 2.49 bits per heavy atom. The van der Waals surface area contributed by atoms with Crippen LogP contribution in [0.5, 0.6) is 0 Å². The molecule has 4 amide bonds. The van der Waals surface area contributed by atoms with Crippen LogP contribution in [0.25, 0.3) is 0 Å². The summed E-state index contributed by atoms with van der Waals surface area (Å²) in [6.07, 6.45) is 7.75. The third-order valence-corrected chi connectivity index (χ3v) is 8.72. The number of amides is 4. The number of carbonyl (C=O) groups excluding carboxylic acids is 4. The SMILES string of the molecule is CCC[C@@H]1C[C@@H]2C(=O)NC[C@@H]2CCCC[C@H](NC(=O)OC(C)(C)C)C(=O)N2C[C@@H]3CCC[C@@H]3[C@H]2C(=O)N1. The zero-order valence-corrected chi connectivity index (χ0v) is 23.0. The van der Waals surface area contributed by atoms with Crippen LogP contribution in [0.4, 0.5) is 4.79 Å². The largest absolute Gasteiger partial charge is 0.444 e. The molecule has 9 heteroatoms. The number of fused-ring (bicyclic) bond motifs is 4. The molecule has 7 atom stereocenters. The summed E-state index contributed by atoms with van der Waals surface area (Å²) in [7, 11) is 0. The second-order valence-electron chi connectivity index (χ2n) is 12.6. The smallest absolute Gasteiger partial charge is 0.408 e. The summed E-state index contributed by atoms with van der Waals surface area (Å²) in [6, 6.07) is -1.36. The summed E-state index contributed by atoms with van der Waals surface area (Å²) in [5, 5.41) is 9.13. The molecule has 9 nitrogen and oxygen atoms in total. The zero-order valence-electron chi connectivity index (χ0n) is 23.0. The van der Waals surface area contributed by atoms with Crippen molar-refractivity contribution in [1.82, 2.24) is 20.9 Å². The first kappa shape index (κ1) is 27.7. The summed E-state index contributed by atoms with van der Waals surface area (Å²) in [4.78, 5) is 54.9. The Morgan fingerprint density at radius 2 is 1.76 bits per heavy atom. The van der Waals surface area contributed by atoms with Crippen molar-refractivity contribution in [2.75, 3.05) is 13.1 Å². The highest BCUT2D eigenvalue weighted by Crippen LogP contribution is 2.43. The minimum absolute atomic E-state index is 0.0884. The average Bonchev–Trinajstić information content (AvgIpc) is 3.49. The third-order valence-electron chi connectivity index (χ3n) is 8.72. The van der Waals surface area contributed by atoms with E-state index in [0.29, 0.717) is 31.8 Å². The lowest BCUT2D eigenvalue weighted by Gasteiger charge is -2.33. The van der Waals surface area contributed by atoms with Crippen LogP contribution in [-0.2, 0) is 19.1 Å². The monoisotopic (exact) mass is 518 g/mol. The Hall–Kier alpha value is -2.32. The topological polar surface area (TPSA) is 117 Å². The lowest BCUT2D eigenvalue weighted by atomic mass is 9.84. The molecule has 4 rings (SSSR count). The van der Waals surface area contributed by atoms with Gasteiger partial charge in [0.05, 0.1) is 0 Å². The van der Waals surface area contributed by atoms with Crippen molar-refractivity contribution in [3.8, 4) is 0 Å². The molecule has 4 fully saturated rings. The van der Waals surface area contributed by atoms with E-state index in [1.807, 2.05) is 0 Å². The van der Waals surface area contributed by atoms with E-state index in [-0.39, 0.29) is 41.5 Å². The summed E-state index contributed by atoms with van der Waals surface area (Å²) in [5.74, 6) is 0.378. The van der Waals surface area contributed by atoms with Gasteiger partial charge in [-0.1, -0.05) is 32.6 Å². The van der Waals surface area contributed by atoms with Crippen molar-refractivity contribution in [2.24, 2.45) is 23.7 Å². The summed E-state index contributed by atoms with van der Waals surface area (Å²) >= 11 is 0. The summed E-state index contributed by atoms with van der Waals surface area (Å²) < 4.78 is 5.47. The Morgan fingerprint density at radius 1 is 1.03 bits per heavy atom. The number of hydrogen-bond donors (Lipinski definition) is 3. The molecule has 0 radical (unpaired) electrons. The first-order valence-electron chi connectivity index (χ1n) is 14.5. The number of alkyl carbamates (subject to hydrolysis) is 1. The summed E-state index contributed by atoms with van der Waals surface area (Å²) in [5.41, 5.74) is -0.674. The molecule has 0 aromatic heterocycles. The third kappa shape index (κ3) is 6.58. The molecular weight excluding hydrogens is 472 g/mol. The van der Waals surface area contributed by atoms with E-state index in [1.54, 1.807) is 25.7 Å². The highest BCUT2D eigenvalue weighted by molar-refractivity contribution is 5.92. The van der Waals surface area contributed by atoms with Crippen molar-refractivity contribution in [3.05, 3.63) is 0 Å². The Labute approximate surface area is 221 Å². The first-order chi connectivity index (χ1) is 17.6. The van der Waals surface area contributed by atoms with Crippen molar-refractivity contribution >= 4 is 23.8 Å². The minimum Gasteiger partial charge on any atom is -0.444 e. The van der Waals surface area contributed by atoms with E-state index in [4.69, 9.17) is 4.74 Å². The van der Waals surface area contributed by atoms with Crippen LogP contribution in [0.3, 0.4) is 0 Å². The van der Waals surface area contributed by atoms with Crippen LogP contribution in [0, 0.1) is 23.7 Å². The van der Waals surface area contributed by atoms with Gasteiger partial charge in [0.25, 0.3) is 0 Å². The zero-order chi connectivity index (χ0) is 26.7. The van der Waals surface area contributed by atoms with Crippen LogP contribution < -0.4 is 16.0 Å². The molecule has 1 aliphatic carbocycles. The Balaban J connectivity index is 1.60. The summed E-state index contributed by atoms with van der Waals surface area (Å²) in [6.45, 7) is 8.70. The fourth-order valence-corrected chi connectivity index (χ4v) is 7.04. The maximum atomic E-state index is 13.9. The fraction of sp³-hybridized carbons (Fsp3) is 0.857. The van der Waals surface area contributed by atoms with Crippen LogP contribution >= 0.6 is 0 Å². The van der Waals surface area contributed by atoms with E-state index >= 15 is 0 Å². The van der Waals surface area contributed by atoms with E-state index in [9.17, 15) is 19.2 Å². The van der Waals surface area contributed by atoms with Gasteiger partial charge in [0.15, 0.2) is 0 Å². The van der Waals surface area contributed by atoms with Gasteiger partial charge in [-0.2, -0.15) is 0 Å². The number of carbonyl (C=O) groups is 4. The van der Waals surface area contributed by atoms with Crippen molar-refractivity contribution in [3.63, 3.8) is 0 Å². The van der Waals surface area contributed by atoms with Gasteiger partial charge in [0.2, 0.25) is 17.7 Å². The Kier molecular flexibility index (Phi) is 8.69. The van der Waals surface area contributed by atoms with Crippen molar-refractivity contribution in [2.45, 2.75) is 116 Å². The predicted molar refractivity (Wildman–Crippen MR) is 139 cm³/mol. The molecule has 3 aliphatic heterocycles. The lowest BCUT2D eigenvalue weighted by Crippen LogP contribution is -2.56. The molecule has 4 aliphatic rings. The van der Waals surface area contributed by atoms with E-state index in [2.05, 4.69) is 22.9 Å². The normalized spacial score (nSPS) is 35.1. The molecule has 208 valence electrons. The highest BCUT2D eigenvalue weighted by Gasteiger charge is 2.51. The van der Waals surface area contributed by atoms with Crippen LogP contribution in [-0.4, -0.2) is 65.5 Å². The maximum absolute atomic E-state index is 13.9. The van der Waals surface area contributed by atoms with E-state index in [0.717, 1.165) is 51.4 Å². The van der Waals surface area contributed by atoms with Gasteiger partial charge in [0.1, 0.15) is 17.7 Å². The molecule has 0 unspecified atom stereocenters. The van der Waals surface area contributed by atoms with Gasteiger partial charge in [-0.05, 0) is 77.0 Å². The molecule has 1 saturated carbocycles. The van der Waals surface area contributed by atoms with Gasteiger partial charge in [0, 0.05) is 25.0 Å². The average molecular weight is 519 g/mol. The number of ether oxygens (including phenoxy) is 1. The Bertz CT molecular complexity index is 871. The van der Waals surface area contributed by atoms with Gasteiger partial charge in [-0.15, -0.1) is 0 Å². The quantitative estimate of drug-likeness (QED) is 0.531. The van der Waals surface area contributed by atoms with Gasteiger partial charge in [-0.3, -0.25) is 14.4 Å². The second-order valence-corrected chi connectivity index (χ2v) is 12.6. The van der Waals surface area contributed by atoms with Crippen molar-refractivity contribution < 1.29 is 23.9 Å². The minimum atomic E-state index is -0.738. The number of rotatable bonds is 3. The molecule has 3 N–H and O–H groups in total. The molecule has 0 aromatic rings. The van der Waals surface area contributed by atoms with Gasteiger partial charge in [-0.25, -0.2) is 4.79 Å². The molecule has 3 heterocycles. The molecule has 37 heavy (non-hydrogen) atoms. The number of nitrogens with one attached hydrogen (secondary N) is 3. The van der Waals surface area contributed by atoms with Crippen molar-refractivity contribution in [1.29, 1.82) is 0 Å². The van der Waals surface area contributed by atoms with Crippen LogP contribution in [0.1, 0.15) is 91.9 Å². The first-order valence-corrected chi connectivity index (χ1v) is 14.5. The highest BCUT2D eigenvalue weighted by atomic mass is 16.6. The number of hydrogen-bond acceptors (Lipinski definition) is 5.